The topological polar surface area (TPSA) is 31.4 Å². The Morgan fingerprint density at radius 1 is 1.17 bits per heavy atom. The molecule has 0 aliphatic rings. The number of benzene rings is 1. The molecule has 0 aliphatic heterocycles. The summed E-state index contributed by atoms with van der Waals surface area (Å²) in [5.41, 5.74) is 1.89. The van der Waals surface area contributed by atoms with Gasteiger partial charge in [0.15, 0.2) is 6.79 Å². The zero-order valence-corrected chi connectivity index (χ0v) is 11.4. The Morgan fingerprint density at radius 3 is 2.56 bits per heavy atom. The second-order valence-electron chi connectivity index (χ2n) is 5.33. The number of methoxy groups -OCH3 is 1. The molecule has 1 heterocycles. The quantitative estimate of drug-likeness (QED) is 0.775. The second kappa shape index (κ2) is 4.94. The van der Waals surface area contributed by atoms with Gasteiger partial charge in [-0.15, -0.1) is 0 Å². The molecule has 0 unspecified atom stereocenters. The molecule has 0 amide bonds. The van der Waals surface area contributed by atoms with Crippen LogP contribution < -0.4 is 4.74 Å². The smallest absolute Gasteiger partial charge is 0.188 e. The molecule has 96 valence electrons. The molecule has 3 heteroatoms. The number of aromatic nitrogens is 1. The predicted molar refractivity (Wildman–Crippen MR) is 72.9 cm³/mol. The van der Waals surface area contributed by atoms with Gasteiger partial charge in [0.05, 0.1) is 11.2 Å². The fraction of sp³-hybridized carbons (Fsp3) is 0.400. The molecule has 0 aliphatic carbocycles. The normalized spacial score (nSPS) is 11.8. The molecule has 0 radical (unpaired) electrons. The maximum Gasteiger partial charge on any atom is 0.188 e. The predicted octanol–water partition coefficient (Wildman–Crippen LogP) is 3.52. The van der Waals surface area contributed by atoms with Crippen LogP contribution in [0, 0.1) is 0 Å². The molecule has 0 atom stereocenters. The van der Waals surface area contributed by atoms with E-state index in [1.165, 1.54) is 0 Å². The van der Waals surface area contributed by atoms with Gasteiger partial charge in [-0.25, -0.2) is 4.98 Å². The van der Waals surface area contributed by atoms with Crippen LogP contribution in [-0.2, 0) is 10.2 Å². The van der Waals surface area contributed by atoms with Crippen molar-refractivity contribution in [3.8, 4) is 5.75 Å². The lowest BCUT2D eigenvalue weighted by Gasteiger charge is -2.22. The molecular weight excluding hydrogens is 226 g/mol. The van der Waals surface area contributed by atoms with E-state index in [0.717, 1.165) is 22.3 Å². The molecule has 18 heavy (non-hydrogen) atoms. The van der Waals surface area contributed by atoms with Gasteiger partial charge >= 0.3 is 0 Å². The van der Waals surface area contributed by atoms with Crippen molar-refractivity contribution in [2.75, 3.05) is 13.9 Å². The molecule has 0 fully saturated rings. The number of nitrogens with zero attached hydrogens (tertiary/aromatic N) is 1. The zero-order valence-electron chi connectivity index (χ0n) is 11.4. The van der Waals surface area contributed by atoms with Gasteiger partial charge in [-0.3, -0.25) is 0 Å². The molecule has 0 N–H and O–H groups in total. The van der Waals surface area contributed by atoms with E-state index >= 15 is 0 Å². The number of rotatable bonds is 3. The minimum atomic E-state index is -0.0624. The molecule has 1 aromatic heterocycles. The highest BCUT2D eigenvalue weighted by atomic mass is 16.7. The van der Waals surface area contributed by atoms with Crippen molar-refractivity contribution in [2.45, 2.75) is 26.2 Å². The SMILES string of the molecule is COCOc1cc2ccccc2nc1C(C)(C)C. The largest absolute Gasteiger partial charge is 0.466 e. The van der Waals surface area contributed by atoms with E-state index in [9.17, 15) is 0 Å². The van der Waals surface area contributed by atoms with Crippen LogP contribution in [0.3, 0.4) is 0 Å². The van der Waals surface area contributed by atoms with Crippen molar-refractivity contribution in [2.24, 2.45) is 0 Å². The fourth-order valence-electron chi connectivity index (χ4n) is 1.87. The molecule has 0 saturated heterocycles. The van der Waals surface area contributed by atoms with Crippen molar-refractivity contribution in [3.63, 3.8) is 0 Å². The van der Waals surface area contributed by atoms with Gasteiger partial charge in [0.1, 0.15) is 5.75 Å². The number of hydrogen-bond acceptors (Lipinski definition) is 3. The summed E-state index contributed by atoms with van der Waals surface area (Å²) in [7, 11) is 1.62. The van der Waals surface area contributed by atoms with Gasteiger partial charge < -0.3 is 9.47 Å². The monoisotopic (exact) mass is 245 g/mol. The zero-order chi connectivity index (χ0) is 13.2. The van der Waals surface area contributed by atoms with E-state index in [1.807, 2.05) is 30.3 Å². The van der Waals surface area contributed by atoms with Crippen molar-refractivity contribution in [3.05, 3.63) is 36.0 Å². The molecule has 2 rings (SSSR count). The second-order valence-corrected chi connectivity index (χ2v) is 5.33. The minimum absolute atomic E-state index is 0.0624. The number of fused-ring (bicyclic) bond motifs is 1. The maximum atomic E-state index is 5.64. The van der Waals surface area contributed by atoms with Crippen LogP contribution >= 0.6 is 0 Å². The van der Waals surface area contributed by atoms with Crippen molar-refractivity contribution >= 4 is 10.9 Å². The van der Waals surface area contributed by atoms with Crippen LogP contribution in [-0.4, -0.2) is 18.9 Å². The van der Waals surface area contributed by atoms with Crippen LogP contribution in [0.4, 0.5) is 0 Å². The number of ether oxygens (including phenoxy) is 2. The molecule has 2 aromatic rings. The lowest BCUT2D eigenvalue weighted by atomic mass is 9.90. The third-order valence-corrected chi connectivity index (χ3v) is 2.73. The van der Waals surface area contributed by atoms with Gasteiger partial charge in [0.2, 0.25) is 0 Å². The van der Waals surface area contributed by atoms with Crippen LogP contribution in [0.1, 0.15) is 26.5 Å². The third kappa shape index (κ3) is 2.62. The Labute approximate surface area is 108 Å². The first kappa shape index (κ1) is 12.8. The van der Waals surface area contributed by atoms with E-state index in [0.29, 0.717) is 0 Å². The van der Waals surface area contributed by atoms with E-state index in [-0.39, 0.29) is 12.2 Å². The number of pyridine rings is 1. The van der Waals surface area contributed by atoms with Gasteiger partial charge in [-0.05, 0) is 12.1 Å². The van der Waals surface area contributed by atoms with Gasteiger partial charge in [0.25, 0.3) is 0 Å². The van der Waals surface area contributed by atoms with E-state index < -0.39 is 0 Å². The van der Waals surface area contributed by atoms with Gasteiger partial charge in [-0.1, -0.05) is 39.0 Å². The number of para-hydroxylation sites is 1. The summed E-state index contributed by atoms with van der Waals surface area (Å²) >= 11 is 0. The summed E-state index contributed by atoms with van der Waals surface area (Å²) in [6, 6.07) is 10.1. The molecule has 0 bridgehead atoms. The first-order chi connectivity index (χ1) is 8.52. The third-order valence-electron chi connectivity index (χ3n) is 2.73. The Bertz CT molecular complexity index is 544. The lowest BCUT2D eigenvalue weighted by Crippen LogP contribution is -2.16. The Hall–Kier alpha value is -1.61. The van der Waals surface area contributed by atoms with Crippen molar-refractivity contribution < 1.29 is 9.47 Å². The van der Waals surface area contributed by atoms with Gasteiger partial charge in [-0.2, -0.15) is 0 Å². The molecular formula is C15H19NO2. The summed E-state index contributed by atoms with van der Waals surface area (Å²) in [6.45, 7) is 6.63. The summed E-state index contributed by atoms with van der Waals surface area (Å²) < 4.78 is 10.6. The average molecular weight is 245 g/mol. The van der Waals surface area contributed by atoms with E-state index in [1.54, 1.807) is 7.11 Å². The number of hydrogen-bond donors (Lipinski definition) is 0. The van der Waals surface area contributed by atoms with Crippen molar-refractivity contribution in [1.29, 1.82) is 0 Å². The average Bonchev–Trinajstić information content (AvgIpc) is 2.34. The minimum Gasteiger partial charge on any atom is -0.466 e. The Balaban J connectivity index is 2.56. The maximum absolute atomic E-state index is 5.64. The fourth-order valence-corrected chi connectivity index (χ4v) is 1.87. The first-order valence-electron chi connectivity index (χ1n) is 6.04. The summed E-state index contributed by atoms with van der Waals surface area (Å²) in [5.74, 6) is 0.794. The summed E-state index contributed by atoms with van der Waals surface area (Å²) in [5, 5.41) is 1.08. The van der Waals surface area contributed by atoms with E-state index in [2.05, 4.69) is 20.8 Å². The molecule has 0 saturated carbocycles. The van der Waals surface area contributed by atoms with Crippen LogP contribution in [0.5, 0.6) is 5.75 Å². The molecule has 0 spiro atoms. The first-order valence-corrected chi connectivity index (χ1v) is 6.04. The Kier molecular flexibility index (Phi) is 3.53. The highest BCUT2D eigenvalue weighted by molar-refractivity contribution is 5.80. The highest BCUT2D eigenvalue weighted by Crippen LogP contribution is 2.32. The van der Waals surface area contributed by atoms with E-state index in [4.69, 9.17) is 14.5 Å². The van der Waals surface area contributed by atoms with Crippen molar-refractivity contribution in [1.82, 2.24) is 4.98 Å². The lowest BCUT2D eigenvalue weighted by molar-refractivity contribution is 0.0495. The van der Waals surface area contributed by atoms with Gasteiger partial charge in [0, 0.05) is 17.9 Å². The molecule has 3 nitrogen and oxygen atoms in total. The van der Waals surface area contributed by atoms with Crippen LogP contribution in [0.15, 0.2) is 30.3 Å². The standard InChI is InChI=1S/C15H19NO2/c1-15(2,3)14-13(18-10-17-4)9-11-7-5-6-8-12(11)16-14/h5-9H,10H2,1-4H3. The summed E-state index contributed by atoms with van der Waals surface area (Å²) in [4.78, 5) is 4.72. The van der Waals surface area contributed by atoms with Crippen LogP contribution in [0.2, 0.25) is 0 Å². The Morgan fingerprint density at radius 2 is 1.89 bits per heavy atom. The molecule has 1 aromatic carbocycles. The summed E-state index contributed by atoms with van der Waals surface area (Å²) in [6.07, 6.45) is 0. The van der Waals surface area contributed by atoms with Crippen LogP contribution in [0.25, 0.3) is 10.9 Å². The highest BCUT2D eigenvalue weighted by Gasteiger charge is 2.21.